The number of amides is 2. The molecule has 1 aromatic carbocycles. The monoisotopic (exact) mass is 283 g/mol. The van der Waals surface area contributed by atoms with Crippen LogP contribution in [0.5, 0.6) is 0 Å². The smallest absolute Gasteiger partial charge is 0.239 e. The van der Waals surface area contributed by atoms with Crippen LogP contribution in [0.1, 0.15) is 6.92 Å². The van der Waals surface area contributed by atoms with E-state index in [9.17, 15) is 23.1 Å². The van der Waals surface area contributed by atoms with Gasteiger partial charge in [-0.3, -0.25) is 14.5 Å². The van der Waals surface area contributed by atoms with Crippen molar-refractivity contribution >= 4 is 22.2 Å². The van der Waals surface area contributed by atoms with Gasteiger partial charge in [0.05, 0.1) is 16.9 Å². The Morgan fingerprint density at radius 1 is 1.32 bits per heavy atom. The van der Waals surface area contributed by atoms with Gasteiger partial charge in [0.1, 0.15) is 0 Å². The fraction of sp³-hybridized carbons (Fsp3) is 0.333. The molecular formula is C12H13NO5S. The summed E-state index contributed by atoms with van der Waals surface area (Å²) in [5.74, 6) is -1.77. The Bertz CT molecular complexity index is 596. The maximum absolute atomic E-state index is 12.4. The Morgan fingerprint density at radius 2 is 1.89 bits per heavy atom. The van der Waals surface area contributed by atoms with Crippen LogP contribution in [0.4, 0.5) is 0 Å². The zero-order valence-corrected chi connectivity index (χ0v) is 10.9. The molecule has 1 aliphatic rings. The molecule has 0 aromatic heterocycles. The molecule has 1 N–H and O–H groups in total. The summed E-state index contributed by atoms with van der Waals surface area (Å²) in [6.45, 7) is 1.33. The van der Waals surface area contributed by atoms with Gasteiger partial charge in [-0.15, -0.1) is 0 Å². The number of imide groups is 1. The van der Waals surface area contributed by atoms with E-state index in [2.05, 4.69) is 0 Å². The number of nitrogens with zero attached hydrogens (tertiary/aromatic N) is 1. The molecule has 19 heavy (non-hydrogen) atoms. The van der Waals surface area contributed by atoms with Crippen molar-refractivity contribution in [2.24, 2.45) is 5.92 Å². The molecule has 1 aromatic rings. The molecule has 0 bridgehead atoms. The van der Waals surface area contributed by atoms with Crippen LogP contribution in [0.2, 0.25) is 0 Å². The summed E-state index contributed by atoms with van der Waals surface area (Å²) in [5, 5.41) is 8.18. The lowest BCUT2D eigenvalue weighted by Crippen LogP contribution is -2.66. The van der Waals surface area contributed by atoms with Crippen molar-refractivity contribution < 1.29 is 23.1 Å². The highest BCUT2D eigenvalue weighted by Gasteiger charge is 2.56. The summed E-state index contributed by atoms with van der Waals surface area (Å²) in [7, 11) is -3.88. The maximum Gasteiger partial charge on any atom is 0.239 e. The van der Waals surface area contributed by atoms with Crippen molar-refractivity contribution in [2.45, 2.75) is 23.3 Å². The first-order valence-electron chi connectivity index (χ1n) is 5.65. The topological polar surface area (TPSA) is 91.8 Å². The molecule has 0 spiro atoms. The SMILES string of the molecule is C[C@@H](O)[C@H]1C(=O)N(C=O)[C@@H]1S(=O)(=O)c1ccccc1. The molecule has 2 amide bonds. The highest BCUT2D eigenvalue weighted by atomic mass is 32.2. The van der Waals surface area contributed by atoms with Crippen LogP contribution in [0.25, 0.3) is 0 Å². The lowest BCUT2D eigenvalue weighted by Gasteiger charge is -2.43. The number of hydrogen-bond donors (Lipinski definition) is 1. The van der Waals surface area contributed by atoms with Gasteiger partial charge in [0.15, 0.2) is 5.37 Å². The van der Waals surface area contributed by atoms with Crippen LogP contribution in [0, 0.1) is 5.92 Å². The third-order valence-electron chi connectivity index (χ3n) is 3.14. The second-order valence-electron chi connectivity index (χ2n) is 4.37. The number of aliphatic hydroxyl groups is 1. The Morgan fingerprint density at radius 3 is 2.37 bits per heavy atom. The third-order valence-corrected chi connectivity index (χ3v) is 5.23. The van der Waals surface area contributed by atoms with E-state index < -0.39 is 33.1 Å². The van der Waals surface area contributed by atoms with E-state index in [1.54, 1.807) is 18.2 Å². The van der Waals surface area contributed by atoms with E-state index in [0.29, 0.717) is 4.90 Å². The van der Waals surface area contributed by atoms with Gasteiger partial charge in [0, 0.05) is 0 Å². The van der Waals surface area contributed by atoms with Gasteiger partial charge in [-0.1, -0.05) is 18.2 Å². The highest BCUT2D eigenvalue weighted by Crippen LogP contribution is 2.35. The third kappa shape index (κ3) is 2.04. The minimum atomic E-state index is -3.88. The zero-order valence-electron chi connectivity index (χ0n) is 10.1. The van der Waals surface area contributed by atoms with Crippen molar-refractivity contribution in [3.63, 3.8) is 0 Å². The molecular weight excluding hydrogens is 270 g/mol. The summed E-state index contributed by atoms with van der Waals surface area (Å²) < 4.78 is 24.8. The number of carbonyl (C=O) groups is 2. The highest BCUT2D eigenvalue weighted by molar-refractivity contribution is 7.92. The number of aliphatic hydroxyl groups excluding tert-OH is 1. The molecule has 0 radical (unpaired) electrons. The molecule has 1 fully saturated rings. The number of hydrogen-bond acceptors (Lipinski definition) is 5. The molecule has 0 saturated carbocycles. The molecule has 0 unspecified atom stereocenters. The summed E-state index contributed by atoms with van der Waals surface area (Å²) in [4.78, 5) is 23.0. The summed E-state index contributed by atoms with van der Waals surface area (Å²) in [6, 6.07) is 7.54. The van der Waals surface area contributed by atoms with Gasteiger partial charge in [0.25, 0.3) is 0 Å². The number of rotatable bonds is 4. The minimum absolute atomic E-state index is 0.0185. The van der Waals surface area contributed by atoms with Gasteiger partial charge in [-0.2, -0.15) is 0 Å². The quantitative estimate of drug-likeness (QED) is 0.609. The molecule has 7 heteroatoms. The summed E-state index contributed by atoms with van der Waals surface area (Å²) >= 11 is 0. The summed E-state index contributed by atoms with van der Waals surface area (Å²) in [6.07, 6.45) is -0.945. The average Bonchev–Trinajstić information content (AvgIpc) is 2.36. The van der Waals surface area contributed by atoms with E-state index in [-0.39, 0.29) is 11.3 Å². The van der Waals surface area contributed by atoms with Crippen LogP contribution in [0.15, 0.2) is 35.2 Å². The number of β-lactam (4-membered cyclic amide) rings is 1. The van der Waals surface area contributed by atoms with Crippen LogP contribution in [0.3, 0.4) is 0 Å². The zero-order chi connectivity index (χ0) is 14.2. The van der Waals surface area contributed by atoms with Gasteiger partial charge in [-0.25, -0.2) is 8.42 Å². The van der Waals surface area contributed by atoms with Gasteiger partial charge in [-0.05, 0) is 19.1 Å². The van der Waals surface area contributed by atoms with Crippen LogP contribution >= 0.6 is 0 Å². The number of benzene rings is 1. The fourth-order valence-corrected chi connectivity index (χ4v) is 4.16. The molecule has 2 rings (SSSR count). The van der Waals surface area contributed by atoms with Crippen molar-refractivity contribution in [3.05, 3.63) is 30.3 Å². The fourth-order valence-electron chi connectivity index (χ4n) is 2.16. The Labute approximate surface area is 110 Å². The molecule has 6 nitrogen and oxygen atoms in total. The largest absolute Gasteiger partial charge is 0.392 e. The Hall–Kier alpha value is -1.73. The Balaban J connectivity index is 2.44. The van der Waals surface area contributed by atoms with Crippen molar-refractivity contribution in [3.8, 4) is 0 Å². The van der Waals surface area contributed by atoms with E-state index in [4.69, 9.17) is 0 Å². The predicted octanol–water partition coefficient (Wildman–Crippen LogP) is -0.218. The Kier molecular flexibility index (Phi) is 3.42. The maximum atomic E-state index is 12.4. The minimum Gasteiger partial charge on any atom is -0.392 e. The first-order chi connectivity index (χ1) is 8.91. The van der Waals surface area contributed by atoms with Gasteiger partial charge >= 0.3 is 0 Å². The van der Waals surface area contributed by atoms with E-state index in [1.165, 1.54) is 19.1 Å². The molecule has 1 heterocycles. The molecule has 102 valence electrons. The van der Waals surface area contributed by atoms with Crippen molar-refractivity contribution in [1.29, 1.82) is 0 Å². The van der Waals surface area contributed by atoms with Crippen LogP contribution in [-0.2, 0) is 19.4 Å². The average molecular weight is 283 g/mol. The van der Waals surface area contributed by atoms with Crippen molar-refractivity contribution in [1.82, 2.24) is 4.90 Å². The predicted molar refractivity (Wildman–Crippen MR) is 65.5 cm³/mol. The van der Waals surface area contributed by atoms with E-state index >= 15 is 0 Å². The first kappa shape index (κ1) is 13.7. The van der Waals surface area contributed by atoms with Crippen molar-refractivity contribution in [2.75, 3.05) is 0 Å². The number of carbonyl (C=O) groups excluding carboxylic acids is 2. The lowest BCUT2D eigenvalue weighted by atomic mass is 9.94. The first-order valence-corrected chi connectivity index (χ1v) is 7.20. The van der Waals surface area contributed by atoms with E-state index in [0.717, 1.165) is 0 Å². The molecule has 1 saturated heterocycles. The number of likely N-dealkylation sites (tertiary alicyclic amines) is 1. The van der Waals surface area contributed by atoms with E-state index in [1.807, 2.05) is 0 Å². The molecule has 0 aliphatic carbocycles. The van der Waals surface area contributed by atoms with Crippen LogP contribution < -0.4 is 0 Å². The number of sulfone groups is 1. The second kappa shape index (κ2) is 4.75. The van der Waals surface area contributed by atoms with Crippen LogP contribution in [-0.4, -0.2) is 42.2 Å². The molecule has 1 aliphatic heterocycles. The standard InChI is InChI=1S/C12H13NO5S/c1-8(15)10-11(16)13(7-14)12(10)19(17,18)9-5-3-2-4-6-9/h2-8,10,12,15H,1H3/t8-,10+,12-/m1/s1. The van der Waals surface area contributed by atoms with Gasteiger partial charge < -0.3 is 5.11 Å². The molecule has 3 atom stereocenters. The normalized spacial score (nSPS) is 24.7. The summed E-state index contributed by atoms with van der Waals surface area (Å²) in [5.41, 5.74) is 0. The second-order valence-corrected chi connectivity index (χ2v) is 6.41. The lowest BCUT2D eigenvalue weighted by molar-refractivity contribution is -0.160. The van der Waals surface area contributed by atoms with Gasteiger partial charge in [0.2, 0.25) is 22.2 Å².